The number of sulfonamides is 1. The van der Waals surface area contributed by atoms with Gasteiger partial charge in [0.25, 0.3) is 10.0 Å². The molecule has 0 fully saturated rings. The number of nitrogens with zero attached hydrogens (tertiary/aromatic N) is 2. The van der Waals surface area contributed by atoms with E-state index in [2.05, 4.69) is 5.32 Å². The molecule has 0 aliphatic carbocycles. The first-order valence-electron chi connectivity index (χ1n) is 12.9. The molecular formula is C30H34Cl3N3O4S. The molecule has 2 amide bonds. The molecule has 41 heavy (non-hydrogen) atoms. The maximum absolute atomic E-state index is 14.1. The molecule has 0 aliphatic heterocycles. The summed E-state index contributed by atoms with van der Waals surface area (Å²) in [4.78, 5) is 28.6. The molecule has 220 valence electrons. The summed E-state index contributed by atoms with van der Waals surface area (Å²) in [6.07, 6.45) is 0. The average Bonchev–Trinajstić information content (AvgIpc) is 2.88. The molecule has 0 bridgehead atoms. The highest BCUT2D eigenvalue weighted by Gasteiger charge is 2.34. The standard InChI is InChI=1S/C30H34Cl3N3O4S/c1-19-7-12-24(13-8-19)41(39,40)36(27-16-23(31)11-9-20(27)2)18-28(37)35(21(3)29(38)34-30(4,5)6)17-22-10-14-25(32)26(33)15-22/h7-16,21H,17-18H2,1-6H3,(H,34,38)/t21-/m0/s1. The van der Waals surface area contributed by atoms with Crippen LogP contribution in [0, 0.1) is 13.8 Å². The third kappa shape index (κ3) is 8.38. The van der Waals surface area contributed by atoms with E-state index in [9.17, 15) is 18.0 Å². The number of carbonyl (C=O) groups is 2. The number of aryl methyl sites for hydroxylation is 2. The molecule has 3 aromatic rings. The van der Waals surface area contributed by atoms with Gasteiger partial charge in [-0.25, -0.2) is 8.42 Å². The first-order chi connectivity index (χ1) is 19.0. The Morgan fingerprint density at radius 2 is 1.54 bits per heavy atom. The first kappa shape index (κ1) is 32.7. The highest BCUT2D eigenvalue weighted by atomic mass is 35.5. The number of anilines is 1. The van der Waals surface area contributed by atoms with E-state index in [1.54, 1.807) is 56.3 Å². The fraction of sp³-hybridized carbons (Fsp3) is 0.333. The van der Waals surface area contributed by atoms with Crippen LogP contribution in [0.3, 0.4) is 0 Å². The smallest absolute Gasteiger partial charge is 0.264 e. The Bertz CT molecular complexity index is 1540. The third-order valence-electron chi connectivity index (χ3n) is 6.33. The fourth-order valence-electron chi connectivity index (χ4n) is 4.09. The van der Waals surface area contributed by atoms with Crippen LogP contribution in [-0.4, -0.2) is 43.3 Å². The Hall–Kier alpha value is -2.78. The van der Waals surface area contributed by atoms with Crippen molar-refractivity contribution < 1.29 is 18.0 Å². The van der Waals surface area contributed by atoms with Crippen molar-refractivity contribution in [2.75, 3.05) is 10.8 Å². The lowest BCUT2D eigenvalue weighted by molar-refractivity contribution is -0.140. The van der Waals surface area contributed by atoms with Gasteiger partial charge in [-0.3, -0.25) is 13.9 Å². The zero-order valence-electron chi connectivity index (χ0n) is 23.8. The predicted octanol–water partition coefficient (Wildman–Crippen LogP) is 6.79. The van der Waals surface area contributed by atoms with Crippen LogP contribution in [0.15, 0.2) is 65.6 Å². The topological polar surface area (TPSA) is 86.8 Å². The van der Waals surface area contributed by atoms with E-state index in [4.69, 9.17) is 34.8 Å². The monoisotopic (exact) mass is 637 g/mol. The zero-order valence-corrected chi connectivity index (χ0v) is 26.9. The Morgan fingerprint density at radius 3 is 2.12 bits per heavy atom. The Balaban J connectivity index is 2.09. The van der Waals surface area contributed by atoms with Crippen LogP contribution in [-0.2, 0) is 26.2 Å². The number of hydrogen-bond donors (Lipinski definition) is 1. The predicted molar refractivity (Wildman–Crippen MR) is 166 cm³/mol. The Morgan fingerprint density at radius 1 is 0.902 bits per heavy atom. The lowest BCUT2D eigenvalue weighted by Crippen LogP contribution is -2.54. The maximum Gasteiger partial charge on any atom is 0.264 e. The first-order valence-corrected chi connectivity index (χ1v) is 15.5. The SMILES string of the molecule is Cc1ccc(S(=O)(=O)N(CC(=O)N(Cc2ccc(Cl)c(Cl)c2)[C@@H](C)C(=O)NC(C)(C)C)c2cc(Cl)ccc2C)cc1. The van der Waals surface area contributed by atoms with E-state index in [1.165, 1.54) is 23.1 Å². The summed E-state index contributed by atoms with van der Waals surface area (Å²) in [5.74, 6) is -0.986. The number of benzene rings is 3. The fourth-order valence-corrected chi connectivity index (χ4v) is 6.05. The molecule has 0 aliphatic rings. The minimum absolute atomic E-state index is 0.0125. The van der Waals surface area contributed by atoms with Gasteiger partial charge in [-0.05, 0) is 89.1 Å². The summed E-state index contributed by atoms with van der Waals surface area (Å²) in [6, 6.07) is 15.2. The average molecular weight is 639 g/mol. The number of nitrogens with one attached hydrogen (secondary N) is 1. The summed E-state index contributed by atoms with van der Waals surface area (Å²) in [5, 5.41) is 3.85. The van der Waals surface area contributed by atoms with Crippen molar-refractivity contribution in [2.45, 2.75) is 64.6 Å². The third-order valence-corrected chi connectivity index (χ3v) is 9.08. The lowest BCUT2D eigenvalue weighted by Gasteiger charge is -2.34. The van der Waals surface area contributed by atoms with Gasteiger partial charge >= 0.3 is 0 Å². The molecule has 1 N–H and O–H groups in total. The lowest BCUT2D eigenvalue weighted by atomic mass is 10.1. The van der Waals surface area contributed by atoms with E-state index in [0.717, 1.165) is 9.87 Å². The normalized spacial score (nSPS) is 12.5. The molecule has 1 atom stereocenters. The van der Waals surface area contributed by atoms with Gasteiger partial charge in [0.1, 0.15) is 12.6 Å². The Labute approximate surface area is 257 Å². The molecule has 11 heteroatoms. The number of halogens is 3. The summed E-state index contributed by atoms with van der Waals surface area (Å²) < 4.78 is 29.0. The van der Waals surface area contributed by atoms with Gasteiger partial charge in [0.2, 0.25) is 11.8 Å². The molecule has 7 nitrogen and oxygen atoms in total. The molecule has 0 unspecified atom stereocenters. The van der Waals surface area contributed by atoms with Crippen molar-refractivity contribution >= 4 is 62.3 Å². The molecule has 0 radical (unpaired) electrons. The molecule has 0 saturated heterocycles. The van der Waals surface area contributed by atoms with Crippen LogP contribution >= 0.6 is 34.8 Å². The van der Waals surface area contributed by atoms with Gasteiger partial charge in [-0.2, -0.15) is 0 Å². The second-order valence-corrected chi connectivity index (χ2v) is 14.1. The van der Waals surface area contributed by atoms with Crippen molar-refractivity contribution in [3.05, 3.63) is 92.4 Å². The second-order valence-electron chi connectivity index (χ2n) is 10.9. The molecule has 0 spiro atoms. The van der Waals surface area contributed by atoms with Crippen LogP contribution in [0.2, 0.25) is 15.1 Å². The van der Waals surface area contributed by atoms with Gasteiger partial charge in [0.05, 0.1) is 20.6 Å². The number of carbonyl (C=O) groups excluding carboxylic acids is 2. The van der Waals surface area contributed by atoms with E-state index in [1.807, 2.05) is 27.7 Å². The highest BCUT2D eigenvalue weighted by molar-refractivity contribution is 7.92. The zero-order chi connectivity index (χ0) is 30.7. The van der Waals surface area contributed by atoms with Crippen molar-refractivity contribution in [1.82, 2.24) is 10.2 Å². The molecule has 0 saturated carbocycles. The minimum Gasteiger partial charge on any atom is -0.350 e. The van der Waals surface area contributed by atoms with Gasteiger partial charge in [0, 0.05) is 17.1 Å². The number of hydrogen-bond acceptors (Lipinski definition) is 4. The van der Waals surface area contributed by atoms with Gasteiger partial charge in [0.15, 0.2) is 0 Å². The van der Waals surface area contributed by atoms with Gasteiger partial charge in [-0.15, -0.1) is 0 Å². The van der Waals surface area contributed by atoms with Crippen molar-refractivity contribution in [3.63, 3.8) is 0 Å². The van der Waals surface area contributed by atoms with E-state index < -0.39 is 40.0 Å². The van der Waals surface area contributed by atoms with Crippen molar-refractivity contribution in [1.29, 1.82) is 0 Å². The quantitative estimate of drug-likeness (QED) is 0.280. The molecule has 0 aromatic heterocycles. The van der Waals surface area contributed by atoms with Crippen LogP contribution in [0.25, 0.3) is 0 Å². The maximum atomic E-state index is 14.1. The molecule has 0 heterocycles. The Kier molecular flexibility index (Phi) is 10.4. The summed E-state index contributed by atoms with van der Waals surface area (Å²) >= 11 is 18.6. The van der Waals surface area contributed by atoms with Gasteiger partial charge < -0.3 is 10.2 Å². The van der Waals surface area contributed by atoms with Crippen LogP contribution in [0.5, 0.6) is 0 Å². The largest absolute Gasteiger partial charge is 0.350 e. The van der Waals surface area contributed by atoms with Crippen molar-refractivity contribution in [3.8, 4) is 0 Å². The van der Waals surface area contributed by atoms with Gasteiger partial charge in [-0.1, -0.05) is 64.6 Å². The van der Waals surface area contributed by atoms with E-state index in [-0.39, 0.29) is 17.1 Å². The summed E-state index contributed by atoms with van der Waals surface area (Å²) in [5.41, 5.74) is 1.81. The highest BCUT2D eigenvalue weighted by Crippen LogP contribution is 2.30. The van der Waals surface area contributed by atoms with E-state index in [0.29, 0.717) is 26.2 Å². The molecular weight excluding hydrogens is 605 g/mol. The van der Waals surface area contributed by atoms with E-state index >= 15 is 0 Å². The summed E-state index contributed by atoms with van der Waals surface area (Å²) in [7, 11) is -4.21. The molecule has 3 rings (SSSR count). The minimum atomic E-state index is -4.21. The number of amides is 2. The number of rotatable bonds is 9. The van der Waals surface area contributed by atoms with Crippen LogP contribution in [0.1, 0.15) is 44.4 Å². The second kappa shape index (κ2) is 13.0. The summed E-state index contributed by atoms with van der Waals surface area (Å²) in [6.45, 7) is 10.1. The van der Waals surface area contributed by atoms with Crippen LogP contribution in [0.4, 0.5) is 5.69 Å². The van der Waals surface area contributed by atoms with Crippen molar-refractivity contribution in [2.24, 2.45) is 0 Å². The molecule has 3 aromatic carbocycles. The van der Waals surface area contributed by atoms with Crippen LogP contribution < -0.4 is 9.62 Å².